The quantitative estimate of drug-likeness (QED) is 0.663. The van der Waals surface area contributed by atoms with Crippen LogP contribution in [0.1, 0.15) is 37.6 Å². The molecule has 1 heterocycles. The van der Waals surface area contributed by atoms with Gasteiger partial charge >= 0.3 is 5.97 Å². The number of nitrogens with zero attached hydrogens (tertiary/aromatic N) is 1. The smallest absolute Gasteiger partial charge is 0.347 e. The average molecular weight is 367 g/mol. The van der Waals surface area contributed by atoms with Gasteiger partial charge in [-0.3, -0.25) is 0 Å². The summed E-state index contributed by atoms with van der Waals surface area (Å²) in [7, 11) is 0. The molecule has 0 saturated heterocycles. The molecule has 1 aromatic heterocycles. The second-order valence-electron chi connectivity index (χ2n) is 6.43. The SMILES string of the molecule is Cc1cc(C)c(C)c(OCc2ccc(-c3nc(C)c(C(=O)O)s3)cc2)c1. The maximum atomic E-state index is 11.2. The molecular weight excluding hydrogens is 346 g/mol. The maximum absolute atomic E-state index is 11.2. The van der Waals surface area contributed by atoms with E-state index in [2.05, 4.69) is 37.9 Å². The van der Waals surface area contributed by atoms with E-state index < -0.39 is 5.97 Å². The minimum absolute atomic E-state index is 0.290. The molecule has 0 bridgehead atoms. The van der Waals surface area contributed by atoms with Crippen LogP contribution in [-0.4, -0.2) is 16.1 Å². The van der Waals surface area contributed by atoms with Crippen LogP contribution in [0.15, 0.2) is 36.4 Å². The molecule has 0 fully saturated rings. The number of hydrogen-bond donors (Lipinski definition) is 1. The van der Waals surface area contributed by atoms with E-state index in [4.69, 9.17) is 9.84 Å². The standard InChI is InChI=1S/C21H21NO3S/c1-12-9-13(2)14(3)18(10-12)25-11-16-5-7-17(8-6-16)20-22-15(4)19(26-20)21(23)24/h5-10H,11H2,1-4H3,(H,23,24). The lowest BCUT2D eigenvalue weighted by atomic mass is 10.1. The molecular formula is C21H21NO3S. The molecule has 0 unspecified atom stereocenters. The zero-order valence-corrected chi connectivity index (χ0v) is 16.1. The van der Waals surface area contributed by atoms with Gasteiger partial charge in [0, 0.05) is 5.56 Å². The third-order valence-electron chi connectivity index (χ3n) is 4.35. The zero-order chi connectivity index (χ0) is 18.8. The molecule has 134 valence electrons. The number of hydrogen-bond acceptors (Lipinski definition) is 4. The highest BCUT2D eigenvalue weighted by Gasteiger charge is 2.15. The number of rotatable bonds is 5. The number of aromatic carboxylic acids is 1. The summed E-state index contributed by atoms with van der Waals surface area (Å²) in [5, 5.41) is 9.88. The van der Waals surface area contributed by atoms with Crippen LogP contribution < -0.4 is 4.74 Å². The lowest BCUT2D eigenvalue weighted by Gasteiger charge is -2.12. The minimum Gasteiger partial charge on any atom is -0.489 e. The predicted molar refractivity (Wildman–Crippen MR) is 104 cm³/mol. The molecule has 0 atom stereocenters. The van der Waals surface area contributed by atoms with Gasteiger partial charge in [0.1, 0.15) is 22.2 Å². The van der Waals surface area contributed by atoms with Crippen LogP contribution in [-0.2, 0) is 6.61 Å². The molecule has 26 heavy (non-hydrogen) atoms. The van der Waals surface area contributed by atoms with Crippen molar-refractivity contribution in [2.45, 2.75) is 34.3 Å². The third-order valence-corrected chi connectivity index (χ3v) is 5.54. The second-order valence-corrected chi connectivity index (χ2v) is 7.43. The molecule has 5 heteroatoms. The van der Waals surface area contributed by atoms with E-state index in [1.807, 2.05) is 24.3 Å². The van der Waals surface area contributed by atoms with E-state index >= 15 is 0 Å². The summed E-state index contributed by atoms with van der Waals surface area (Å²) in [6, 6.07) is 12.1. The van der Waals surface area contributed by atoms with Gasteiger partial charge in [0.25, 0.3) is 0 Å². The number of aromatic nitrogens is 1. The number of ether oxygens (including phenoxy) is 1. The molecule has 0 aliphatic rings. The molecule has 0 spiro atoms. The number of carboxylic acid groups (broad SMARTS) is 1. The van der Waals surface area contributed by atoms with E-state index in [1.54, 1.807) is 6.92 Å². The van der Waals surface area contributed by atoms with Crippen LogP contribution in [0, 0.1) is 27.7 Å². The molecule has 3 aromatic rings. The largest absolute Gasteiger partial charge is 0.489 e. The molecule has 0 amide bonds. The first-order chi connectivity index (χ1) is 12.3. The lowest BCUT2D eigenvalue weighted by molar-refractivity contribution is 0.0701. The summed E-state index contributed by atoms with van der Waals surface area (Å²) in [5.74, 6) is -0.0201. The first-order valence-electron chi connectivity index (χ1n) is 8.36. The summed E-state index contributed by atoms with van der Waals surface area (Å²) in [5.41, 5.74) is 6.09. The molecule has 2 aromatic carbocycles. The first-order valence-corrected chi connectivity index (χ1v) is 9.17. The summed E-state index contributed by atoms with van der Waals surface area (Å²) in [6.07, 6.45) is 0. The Balaban J connectivity index is 1.74. The number of carboxylic acids is 1. The van der Waals surface area contributed by atoms with Crippen molar-refractivity contribution in [3.8, 4) is 16.3 Å². The van der Waals surface area contributed by atoms with Gasteiger partial charge in [0.2, 0.25) is 0 Å². The fraction of sp³-hybridized carbons (Fsp3) is 0.238. The van der Waals surface area contributed by atoms with Crippen molar-refractivity contribution >= 4 is 17.3 Å². The van der Waals surface area contributed by atoms with Crippen molar-refractivity contribution in [2.24, 2.45) is 0 Å². The number of carbonyl (C=O) groups is 1. The highest BCUT2D eigenvalue weighted by atomic mass is 32.1. The molecule has 0 aliphatic heterocycles. The monoisotopic (exact) mass is 367 g/mol. The van der Waals surface area contributed by atoms with Crippen molar-refractivity contribution in [3.63, 3.8) is 0 Å². The first kappa shape index (κ1) is 18.1. The molecule has 3 rings (SSSR count). The predicted octanol–water partition coefficient (Wildman–Crippen LogP) is 5.32. The van der Waals surface area contributed by atoms with Gasteiger partial charge in [-0.05, 0) is 56.0 Å². The molecule has 1 N–H and O–H groups in total. The van der Waals surface area contributed by atoms with Gasteiger partial charge < -0.3 is 9.84 Å². The van der Waals surface area contributed by atoms with Crippen molar-refractivity contribution in [1.82, 2.24) is 4.98 Å². The van der Waals surface area contributed by atoms with Gasteiger partial charge in [-0.2, -0.15) is 0 Å². The molecule has 0 radical (unpaired) electrons. The Hall–Kier alpha value is -2.66. The topological polar surface area (TPSA) is 59.4 Å². The Morgan fingerprint density at radius 3 is 2.42 bits per heavy atom. The Morgan fingerprint density at radius 2 is 1.81 bits per heavy atom. The fourth-order valence-electron chi connectivity index (χ4n) is 2.77. The Bertz CT molecular complexity index is 958. The summed E-state index contributed by atoms with van der Waals surface area (Å²) in [4.78, 5) is 15.8. The third kappa shape index (κ3) is 3.78. The summed E-state index contributed by atoms with van der Waals surface area (Å²) < 4.78 is 5.99. The average Bonchev–Trinajstić information content (AvgIpc) is 2.99. The van der Waals surface area contributed by atoms with Crippen LogP contribution in [0.3, 0.4) is 0 Å². The zero-order valence-electron chi connectivity index (χ0n) is 15.3. The minimum atomic E-state index is -0.930. The highest BCUT2D eigenvalue weighted by Crippen LogP contribution is 2.29. The Morgan fingerprint density at radius 1 is 1.12 bits per heavy atom. The van der Waals surface area contributed by atoms with E-state index in [0.717, 1.165) is 27.4 Å². The summed E-state index contributed by atoms with van der Waals surface area (Å²) in [6.45, 7) is 8.43. The highest BCUT2D eigenvalue weighted by molar-refractivity contribution is 7.17. The fourth-order valence-corrected chi connectivity index (χ4v) is 3.68. The van der Waals surface area contributed by atoms with Gasteiger partial charge in [-0.15, -0.1) is 11.3 Å². The van der Waals surface area contributed by atoms with Crippen LogP contribution in [0.4, 0.5) is 0 Å². The molecule has 4 nitrogen and oxygen atoms in total. The van der Waals surface area contributed by atoms with Crippen molar-refractivity contribution in [2.75, 3.05) is 0 Å². The number of benzene rings is 2. The van der Waals surface area contributed by atoms with Crippen molar-refractivity contribution in [3.05, 3.63) is 69.2 Å². The Kier molecular flexibility index (Phi) is 5.09. The molecule has 0 aliphatic carbocycles. The van der Waals surface area contributed by atoms with Gasteiger partial charge in [-0.25, -0.2) is 9.78 Å². The van der Waals surface area contributed by atoms with Crippen molar-refractivity contribution < 1.29 is 14.6 Å². The van der Waals surface area contributed by atoms with E-state index in [0.29, 0.717) is 12.3 Å². The molecule has 0 saturated carbocycles. The second kappa shape index (κ2) is 7.30. The van der Waals surface area contributed by atoms with Gasteiger partial charge in [0.15, 0.2) is 0 Å². The number of thiazole rings is 1. The van der Waals surface area contributed by atoms with Gasteiger partial charge in [0.05, 0.1) is 5.69 Å². The Labute approximate surface area is 157 Å². The van der Waals surface area contributed by atoms with Gasteiger partial charge in [-0.1, -0.05) is 30.3 Å². The normalized spacial score (nSPS) is 10.8. The lowest BCUT2D eigenvalue weighted by Crippen LogP contribution is -1.98. The maximum Gasteiger partial charge on any atom is 0.347 e. The van der Waals surface area contributed by atoms with Crippen LogP contribution >= 0.6 is 11.3 Å². The van der Waals surface area contributed by atoms with E-state index in [1.165, 1.54) is 22.5 Å². The van der Waals surface area contributed by atoms with Crippen LogP contribution in [0.2, 0.25) is 0 Å². The number of aryl methyl sites for hydroxylation is 3. The van der Waals surface area contributed by atoms with Crippen LogP contribution in [0.25, 0.3) is 10.6 Å². The van der Waals surface area contributed by atoms with Crippen molar-refractivity contribution in [1.29, 1.82) is 0 Å². The van der Waals surface area contributed by atoms with E-state index in [9.17, 15) is 4.79 Å². The van der Waals surface area contributed by atoms with E-state index in [-0.39, 0.29) is 4.88 Å². The summed E-state index contributed by atoms with van der Waals surface area (Å²) >= 11 is 1.20. The van der Waals surface area contributed by atoms with Crippen LogP contribution in [0.5, 0.6) is 5.75 Å².